The summed E-state index contributed by atoms with van der Waals surface area (Å²) < 4.78 is 6.30. The van der Waals surface area contributed by atoms with E-state index >= 15 is 0 Å². The van der Waals surface area contributed by atoms with Crippen molar-refractivity contribution in [2.75, 3.05) is 5.88 Å². The van der Waals surface area contributed by atoms with Crippen LogP contribution in [0.5, 0.6) is 0 Å². The molecular weight excluding hydrogens is 208 g/mol. The van der Waals surface area contributed by atoms with Gasteiger partial charge >= 0.3 is 0 Å². The quantitative estimate of drug-likeness (QED) is 0.663. The number of hydrogen-bond donors (Lipinski definition) is 0. The Morgan fingerprint density at radius 3 is 2.67 bits per heavy atom. The molecule has 2 aliphatic rings. The summed E-state index contributed by atoms with van der Waals surface area (Å²) in [6, 6.07) is 0. The molecule has 2 atom stereocenters. The lowest BCUT2D eigenvalue weighted by molar-refractivity contribution is -0.0685. The zero-order chi connectivity index (χ0) is 10.7. The monoisotopic (exact) mass is 230 g/mol. The average Bonchev–Trinajstić information content (AvgIpc) is 2.62. The highest BCUT2D eigenvalue weighted by Gasteiger charge is 2.40. The molecule has 0 aromatic rings. The Hall–Kier alpha value is 0.250. The van der Waals surface area contributed by atoms with E-state index in [0.717, 1.165) is 12.3 Å². The van der Waals surface area contributed by atoms with E-state index in [1.54, 1.807) is 0 Å². The minimum Gasteiger partial charge on any atom is -0.372 e. The van der Waals surface area contributed by atoms with Crippen LogP contribution in [0.15, 0.2) is 0 Å². The zero-order valence-corrected chi connectivity index (χ0v) is 10.6. The van der Waals surface area contributed by atoms with E-state index in [4.69, 9.17) is 16.3 Å². The lowest BCUT2D eigenvalue weighted by Gasteiger charge is -2.33. The van der Waals surface area contributed by atoms with Crippen molar-refractivity contribution in [3.63, 3.8) is 0 Å². The summed E-state index contributed by atoms with van der Waals surface area (Å²) in [7, 11) is 0. The fourth-order valence-corrected chi connectivity index (χ4v) is 3.26. The molecule has 0 aromatic heterocycles. The molecule has 2 fully saturated rings. The molecule has 1 saturated carbocycles. The van der Waals surface area contributed by atoms with Gasteiger partial charge in [0.1, 0.15) is 0 Å². The fourth-order valence-electron chi connectivity index (χ4n) is 3.14. The van der Waals surface area contributed by atoms with Gasteiger partial charge in [0.25, 0.3) is 0 Å². The molecule has 88 valence electrons. The summed E-state index contributed by atoms with van der Waals surface area (Å²) >= 11 is 5.85. The van der Waals surface area contributed by atoms with Gasteiger partial charge in [0.15, 0.2) is 0 Å². The molecule has 0 aromatic carbocycles. The molecule has 1 heterocycles. The number of alkyl halides is 1. The molecule has 1 spiro atoms. The van der Waals surface area contributed by atoms with Gasteiger partial charge in [-0.05, 0) is 38.0 Å². The van der Waals surface area contributed by atoms with Crippen molar-refractivity contribution >= 4 is 11.6 Å². The van der Waals surface area contributed by atoms with Crippen LogP contribution in [0, 0.1) is 5.92 Å². The van der Waals surface area contributed by atoms with Crippen molar-refractivity contribution in [2.45, 2.75) is 70.0 Å². The maximum Gasteiger partial charge on any atom is 0.0687 e. The van der Waals surface area contributed by atoms with Crippen LogP contribution in [-0.4, -0.2) is 17.6 Å². The van der Waals surface area contributed by atoms with E-state index in [0.29, 0.717) is 12.0 Å². The van der Waals surface area contributed by atoms with Gasteiger partial charge in [-0.2, -0.15) is 0 Å². The molecule has 1 aliphatic carbocycles. The number of rotatable bonds is 3. The van der Waals surface area contributed by atoms with Crippen molar-refractivity contribution in [2.24, 2.45) is 5.92 Å². The topological polar surface area (TPSA) is 9.23 Å². The number of ether oxygens (including phenoxy) is 1. The van der Waals surface area contributed by atoms with Gasteiger partial charge in [-0.25, -0.2) is 0 Å². The maximum absolute atomic E-state index is 6.30. The van der Waals surface area contributed by atoms with Crippen LogP contribution in [0.4, 0.5) is 0 Å². The SMILES string of the molecule is CC(CCl)CC1CCC2(CCCCC2)O1. The Bertz CT molecular complexity index is 199. The van der Waals surface area contributed by atoms with Crippen molar-refractivity contribution in [1.82, 2.24) is 0 Å². The number of hydrogen-bond acceptors (Lipinski definition) is 1. The smallest absolute Gasteiger partial charge is 0.0687 e. The second-order valence-corrected chi connectivity index (χ2v) is 5.83. The highest BCUT2D eigenvalue weighted by atomic mass is 35.5. The van der Waals surface area contributed by atoms with Crippen molar-refractivity contribution in [3.8, 4) is 0 Å². The molecule has 0 bridgehead atoms. The molecule has 2 unspecified atom stereocenters. The predicted octanol–water partition coefficient (Wildman–Crippen LogP) is 4.13. The standard InChI is InChI=1S/C13H23ClO/c1-11(10-14)9-12-5-8-13(15-12)6-3-2-4-7-13/h11-12H,2-10H2,1H3. The van der Waals surface area contributed by atoms with E-state index in [9.17, 15) is 0 Å². The van der Waals surface area contributed by atoms with Gasteiger partial charge < -0.3 is 4.74 Å². The molecule has 2 rings (SSSR count). The number of halogens is 1. The third-order valence-electron chi connectivity index (χ3n) is 4.03. The Kier molecular flexibility index (Phi) is 3.95. The maximum atomic E-state index is 6.30. The lowest BCUT2D eigenvalue weighted by atomic mass is 9.83. The Balaban J connectivity index is 1.82. The summed E-state index contributed by atoms with van der Waals surface area (Å²) in [5.41, 5.74) is 0.287. The van der Waals surface area contributed by atoms with Crippen LogP contribution in [0.3, 0.4) is 0 Å². The van der Waals surface area contributed by atoms with Crippen LogP contribution in [0.25, 0.3) is 0 Å². The molecular formula is C13H23ClO. The first-order valence-electron chi connectivity index (χ1n) is 6.48. The summed E-state index contributed by atoms with van der Waals surface area (Å²) in [4.78, 5) is 0. The molecule has 0 radical (unpaired) electrons. The van der Waals surface area contributed by atoms with Gasteiger partial charge in [-0.1, -0.05) is 26.2 Å². The first-order chi connectivity index (χ1) is 7.24. The molecule has 1 saturated heterocycles. The summed E-state index contributed by atoms with van der Waals surface area (Å²) in [6.45, 7) is 2.22. The van der Waals surface area contributed by atoms with E-state index in [1.165, 1.54) is 44.9 Å². The summed E-state index contributed by atoms with van der Waals surface area (Å²) in [6.07, 6.45) is 11.0. The van der Waals surface area contributed by atoms with Gasteiger partial charge in [0.05, 0.1) is 11.7 Å². The third kappa shape index (κ3) is 2.88. The minimum absolute atomic E-state index is 0.287. The van der Waals surface area contributed by atoms with Crippen molar-refractivity contribution in [3.05, 3.63) is 0 Å². The van der Waals surface area contributed by atoms with E-state index in [1.807, 2.05) is 0 Å². The zero-order valence-electron chi connectivity index (χ0n) is 9.80. The highest BCUT2D eigenvalue weighted by molar-refractivity contribution is 6.18. The molecule has 0 N–H and O–H groups in total. The molecule has 2 heteroatoms. The van der Waals surface area contributed by atoms with Crippen LogP contribution >= 0.6 is 11.6 Å². The molecule has 1 aliphatic heterocycles. The lowest BCUT2D eigenvalue weighted by Crippen LogP contribution is -2.32. The van der Waals surface area contributed by atoms with Crippen molar-refractivity contribution < 1.29 is 4.74 Å². The second kappa shape index (κ2) is 5.05. The highest BCUT2D eigenvalue weighted by Crippen LogP contribution is 2.43. The van der Waals surface area contributed by atoms with E-state index < -0.39 is 0 Å². The van der Waals surface area contributed by atoms with Crippen LogP contribution < -0.4 is 0 Å². The Morgan fingerprint density at radius 2 is 2.00 bits per heavy atom. The van der Waals surface area contributed by atoms with Crippen LogP contribution in [-0.2, 0) is 4.74 Å². The largest absolute Gasteiger partial charge is 0.372 e. The van der Waals surface area contributed by atoms with Crippen molar-refractivity contribution in [1.29, 1.82) is 0 Å². The van der Waals surface area contributed by atoms with Gasteiger partial charge in [0, 0.05) is 5.88 Å². The normalized spacial score (nSPS) is 32.0. The fraction of sp³-hybridized carbons (Fsp3) is 1.00. The minimum atomic E-state index is 0.287. The average molecular weight is 231 g/mol. The van der Waals surface area contributed by atoms with Gasteiger partial charge in [-0.15, -0.1) is 11.6 Å². The Labute approximate surface area is 98.5 Å². The van der Waals surface area contributed by atoms with Crippen LogP contribution in [0.1, 0.15) is 58.3 Å². The third-order valence-corrected chi connectivity index (χ3v) is 4.56. The first kappa shape index (κ1) is 11.7. The van der Waals surface area contributed by atoms with Crippen LogP contribution in [0.2, 0.25) is 0 Å². The summed E-state index contributed by atoms with van der Waals surface area (Å²) in [5.74, 6) is 1.38. The first-order valence-corrected chi connectivity index (χ1v) is 7.01. The molecule has 1 nitrogen and oxygen atoms in total. The molecule has 15 heavy (non-hydrogen) atoms. The van der Waals surface area contributed by atoms with E-state index in [2.05, 4.69) is 6.92 Å². The molecule has 0 amide bonds. The van der Waals surface area contributed by atoms with Gasteiger partial charge in [-0.3, -0.25) is 0 Å². The predicted molar refractivity (Wildman–Crippen MR) is 64.4 cm³/mol. The van der Waals surface area contributed by atoms with Gasteiger partial charge in [0.2, 0.25) is 0 Å². The second-order valence-electron chi connectivity index (χ2n) is 5.52. The Morgan fingerprint density at radius 1 is 1.27 bits per heavy atom. The summed E-state index contributed by atoms with van der Waals surface area (Å²) in [5, 5.41) is 0. The van der Waals surface area contributed by atoms with E-state index in [-0.39, 0.29) is 5.60 Å².